The Morgan fingerprint density at radius 2 is 2.13 bits per heavy atom. The lowest BCUT2D eigenvalue weighted by Crippen LogP contribution is -2.14. The molecule has 120 valence electrons. The van der Waals surface area contributed by atoms with Crippen LogP contribution < -0.4 is 0 Å². The number of carbonyl (C=O) groups excluding carboxylic acids is 1. The van der Waals surface area contributed by atoms with Crippen molar-refractivity contribution in [1.82, 2.24) is 0 Å². The number of rotatable bonds is 3. The van der Waals surface area contributed by atoms with Crippen LogP contribution in [0.2, 0.25) is 0 Å². The van der Waals surface area contributed by atoms with Crippen LogP contribution >= 0.6 is 0 Å². The molecule has 2 rings (SSSR count). The molecule has 0 radical (unpaired) electrons. The van der Waals surface area contributed by atoms with Gasteiger partial charge in [0.25, 0.3) is 0 Å². The van der Waals surface area contributed by atoms with E-state index in [0.29, 0.717) is 12.2 Å². The first-order chi connectivity index (χ1) is 11.1. The van der Waals surface area contributed by atoms with Gasteiger partial charge in [0.05, 0.1) is 18.3 Å². The molecule has 0 bridgehead atoms. The molecule has 1 aliphatic carbocycles. The number of ether oxygens (including phenoxy) is 1. The Labute approximate surface area is 137 Å². The van der Waals surface area contributed by atoms with Crippen LogP contribution in [-0.4, -0.2) is 23.8 Å². The summed E-state index contributed by atoms with van der Waals surface area (Å²) in [6.45, 7) is 4.21. The molecule has 0 saturated heterocycles. The molecule has 1 aliphatic rings. The summed E-state index contributed by atoms with van der Waals surface area (Å²) < 4.78 is 4.94. The Kier molecular flexibility index (Phi) is 6.19. The van der Waals surface area contributed by atoms with Crippen molar-refractivity contribution in [3.8, 4) is 11.8 Å². The Balaban J connectivity index is 2.02. The van der Waals surface area contributed by atoms with Crippen molar-refractivity contribution in [3.05, 3.63) is 58.7 Å². The maximum Gasteiger partial charge on any atom is 0.338 e. The summed E-state index contributed by atoms with van der Waals surface area (Å²) in [7, 11) is 0. The molecule has 0 fully saturated rings. The van der Waals surface area contributed by atoms with Gasteiger partial charge in [-0.25, -0.2) is 4.79 Å². The van der Waals surface area contributed by atoms with Gasteiger partial charge in [0.15, 0.2) is 0 Å². The Hall–Kier alpha value is -2.31. The molecule has 0 spiro atoms. The van der Waals surface area contributed by atoms with E-state index in [1.165, 1.54) is 5.57 Å². The molecule has 0 amide bonds. The molecule has 0 aromatic heterocycles. The molecule has 1 aromatic carbocycles. The number of hydrogen-bond donors (Lipinski definition) is 1. The summed E-state index contributed by atoms with van der Waals surface area (Å²) in [6, 6.07) is 7.02. The average molecular weight is 310 g/mol. The van der Waals surface area contributed by atoms with Gasteiger partial charge in [-0.05, 0) is 75.1 Å². The fraction of sp³-hybridized carbons (Fsp3) is 0.350. The van der Waals surface area contributed by atoms with Crippen LogP contribution in [0, 0.1) is 11.8 Å². The van der Waals surface area contributed by atoms with Crippen molar-refractivity contribution in [1.29, 1.82) is 0 Å². The van der Waals surface area contributed by atoms with E-state index in [0.717, 1.165) is 30.4 Å². The second-order valence-electron chi connectivity index (χ2n) is 5.54. The third-order valence-electron chi connectivity index (χ3n) is 3.84. The second kappa shape index (κ2) is 8.36. The van der Waals surface area contributed by atoms with Gasteiger partial charge in [-0.2, -0.15) is 0 Å². The Bertz CT molecular complexity index is 669. The third kappa shape index (κ3) is 4.84. The highest BCUT2D eigenvalue weighted by molar-refractivity contribution is 5.89. The molecular weight excluding hydrogens is 288 g/mol. The van der Waals surface area contributed by atoms with Gasteiger partial charge in [0.2, 0.25) is 0 Å². The average Bonchev–Trinajstić information content (AvgIpc) is 2.54. The predicted octanol–water partition coefficient (Wildman–Crippen LogP) is 3.63. The van der Waals surface area contributed by atoms with Crippen LogP contribution in [0.3, 0.4) is 0 Å². The zero-order valence-electron chi connectivity index (χ0n) is 13.6. The summed E-state index contributed by atoms with van der Waals surface area (Å²) in [5.74, 6) is 5.67. The normalized spacial score (nSPS) is 17.8. The van der Waals surface area contributed by atoms with Crippen LogP contribution in [0.4, 0.5) is 0 Å². The number of hydrogen-bond acceptors (Lipinski definition) is 3. The number of esters is 1. The maximum absolute atomic E-state index is 11.6. The van der Waals surface area contributed by atoms with Crippen molar-refractivity contribution < 1.29 is 14.6 Å². The standard InChI is InChI=1S/C20H22O3/c1-3-23-20(22)17-13-11-16(12-14-17)8-4-5-9-18-15(2)7-6-10-19(18)21/h5,9,11-14,19,21H,3,6-7,10H2,1-2H3/b9-5+. The first-order valence-electron chi connectivity index (χ1n) is 7.94. The SMILES string of the molecule is CCOC(=O)c1ccc(C#C/C=C/C2=C(C)CCCC2O)cc1. The summed E-state index contributed by atoms with van der Waals surface area (Å²) in [5.41, 5.74) is 3.58. The Morgan fingerprint density at radius 1 is 1.39 bits per heavy atom. The fourth-order valence-corrected chi connectivity index (χ4v) is 2.56. The lowest BCUT2D eigenvalue weighted by Gasteiger charge is -2.20. The van der Waals surface area contributed by atoms with Gasteiger partial charge >= 0.3 is 5.97 Å². The molecular formula is C20H22O3. The molecule has 3 nitrogen and oxygen atoms in total. The smallest absolute Gasteiger partial charge is 0.338 e. The number of aliphatic hydroxyl groups is 1. The highest BCUT2D eigenvalue weighted by atomic mass is 16.5. The van der Waals surface area contributed by atoms with Crippen LogP contribution in [0.1, 0.15) is 49.0 Å². The minimum absolute atomic E-state index is 0.319. The molecule has 3 heteroatoms. The molecule has 1 aromatic rings. The second-order valence-corrected chi connectivity index (χ2v) is 5.54. The van der Waals surface area contributed by atoms with Crippen molar-refractivity contribution >= 4 is 5.97 Å². The molecule has 0 aliphatic heterocycles. The minimum atomic E-state index is -0.370. The van der Waals surface area contributed by atoms with Crippen molar-refractivity contribution in [2.75, 3.05) is 6.61 Å². The van der Waals surface area contributed by atoms with Crippen LogP contribution in [0.25, 0.3) is 0 Å². The lowest BCUT2D eigenvalue weighted by atomic mass is 9.90. The Morgan fingerprint density at radius 3 is 2.78 bits per heavy atom. The molecule has 1 N–H and O–H groups in total. The fourth-order valence-electron chi connectivity index (χ4n) is 2.56. The van der Waals surface area contributed by atoms with Crippen LogP contribution in [0.15, 0.2) is 47.6 Å². The van der Waals surface area contributed by atoms with Crippen molar-refractivity contribution in [2.45, 2.75) is 39.2 Å². The van der Waals surface area contributed by atoms with Crippen LogP contribution in [0.5, 0.6) is 0 Å². The van der Waals surface area contributed by atoms with E-state index in [9.17, 15) is 9.90 Å². The predicted molar refractivity (Wildman–Crippen MR) is 91.0 cm³/mol. The van der Waals surface area contributed by atoms with Crippen LogP contribution in [-0.2, 0) is 4.74 Å². The van der Waals surface area contributed by atoms with E-state index in [1.54, 1.807) is 37.3 Å². The molecule has 1 atom stereocenters. The van der Waals surface area contributed by atoms with Crippen molar-refractivity contribution in [3.63, 3.8) is 0 Å². The highest BCUT2D eigenvalue weighted by Gasteiger charge is 2.15. The lowest BCUT2D eigenvalue weighted by molar-refractivity contribution is 0.0526. The van der Waals surface area contributed by atoms with Gasteiger partial charge in [-0.1, -0.05) is 17.4 Å². The molecule has 0 saturated carbocycles. The largest absolute Gasteiger partial charge is 0.462 e. The first kappa shape index (κ1) is 17.1. The number of allylic oxidation sites excluding steroid dienone is 2. The zero-order chi connectivity index (χ0) is 16.7. The van der Waals surface area contributed by atoms with Gasteiger partial charge in [0.1, 0.15) is 0 Å². The summed E-state index contributed by atoms with van der Waals surface area (Å²) in [5, 5.41) is 9.98. The topological polar surface area (TPSA) is 46.5 Å². The van der Waals surface area contributed by atoms with E-state index in [4.69, 9.17) is 4.74 Å². The van der Waals surface area contributed by atoms with Gasteiger partial charge in [-0.15, -0.1) is 0 Å². The van der Waals surface area contributed by atoms with E-state index < -0.39 is 0 Å². The molecule has 23 heavy (non-hydrogen) atoms. The number of benzene rings is 1. The summed E-state index contributed by atoms with van der Waals surface area (Å²) >= 11 is 0. The van der Waals surface area contributed by atoms with E-state index in [2.05, 4.69) is 18.8 Å². The highest BCUT2D eigenvalue weighted by Crippen LogP contribution is 2.25. The zero-order valence-corrected chi connectivity index (χ0v) is 13.6. The van der Waals surface area contributed by atoms with Gasteiger partial charge in [-0.3, -0.25) is 0 Å². The monoisotopic (exact) mass is 310 g/mol. The summed E-state index contributed by atoms with van der Waals surface area (Å²) in [6.07, 6.45) is 6.21. The van der Waals surface area contributed by atoms with E-state index >= 15 is 0 Å². The minimum Gasteiger partial charge on any atom is -0.462 e. The van der Waals surface area contributed by atoms with E-state index in [1.807, 2.05) is 6.08 Å². The van der Waals surface area contributed by atoms with Gasteiger partial charge < -0.3 is 9.84 Å². The number of carbonyl (C=O) groups is 1. The van der Waals surface area contributed by atoms with Gasteiger partial charge in [0, 0.05) is 5.56 Å². The quantitative estimate of drug-likeness (QED) is 0.685. The molecule has 0 heterocycles. The maximum atomic E-state index is 11.6. The number of aliphatic hydroxyl groups excluding tert-OH is 1. The van der Waals surface area contributed by atoms with Crippen molar-refractivity contribution in [2.24, 2.45) is 0 Å². The molecule has 1 unspecified atom stereocenters. The first-order valence-corrected chi connectivity index (χ1v) is 7.94. The third-order valence-corrected chi connectivity index (χ3v) is 3.84. The van der Waals surface area contributed by atoms with E-state index in [-0.39, 0.29) is 12.1 Å². The summed E-state index contributed by atoms with van der Waals surface area (Å²) in [4.78, 5) is 11.6.